The second kappa shape index (κ2) is 1.66. The maximum Gasteiger partial charge on any atom is -0.00887 e. The van der Waals surface area contributed by atoms with Gasteiger partial charge in [-0.05, 0) is 19.5 Å². The lowest BCUT2D eigenvalue weighted by Gasteiger charge is -2.13. The summed E-state index contributed by atoms with van der Waals surface area (Å²) in [6.45, 7) is 5.92. The lowest BCUT2D eigenvalue weighted by Crippen LogP contribution is -2.07. The fourth-order valence-electron chi connectivity index (χ4n) is 0.791. The molecule has 1 aliphatic rings. The molecule has 1 fully saturated rings. The van der Waals surface area contributed by atoms with Crippen molar-refractivity contribution in [3.05, 3.63) is 19.2 Å². The molecule has 1 rings (SSSR count). The van der Waals surface area contributed by atoms with E-state index in [4.69, 9.17) is 0 Å². The van der Waals surface area contributed by atoms with Crippen LogP contribution in [-0.2, 0) is 0 Å². The first-order valence-corrected chi connectivity index (χ1v) is 2.51. The maximum absolute atomic E-state index is 3.82. The van der Waals surface area contributed by atoms with E-state index in [2.05, 4.69) is 13.6 Å². The first kappa shape index (κ1) is 4.85. The smallest absolute Gasteiger partial charge is 0.00887 e. The zero-order valence-corrected chi connectivity index (χ0v) is 4.48. The van der Waals surface area contributed by atoms with Gasteiger partial charge in [0.05, 0.1) is 0 Å². The van der Waals surface area contributed by atoms with Crippen molar-refractivity contribution in [2.45, 2.75) is 6.42 Å². The Kier molecular flexibility index (Phi) is 1.15. The van der Waals surface area contributed by atoms with Crippen molar-refractivity contribution >= 4 is 0 Å². The third-order valence-electron chi connectivity index (χ3n) is 1.23. The summed E-state index contributed by atoms with van der Waals surface area (Å²) in [5.74, 6) is 0. The van der Waals surface area contributed by atoms with Gasteiger partial charge >= 0.3 is 0 Å². The van der Waals surface area contributed by atoms with E-state index in [9.17, 15) is 0 Å². The molecule has 1 aliphatic heterocycles. The maximum atomic E-state index is 3.82. The Morgan fingerprint density at radius 3 is 2.57 bits per heavy atom. The average molecular weight is 96.2 g/mol. The minimum absolute atomic E-state index is 1.00. The molecule has 0 aliphatic carbocycles. The van der Waals surface area contributed by atoms with Crippen LogP contribution in [0.4, 0.5) is 0 Å². The number of nitrogens with zero attached hydrogens (tertiary/aromatic N) is 1. The van der Waals surface area contributed by atoms with E-state index in [0.717, 1.165) is 19.5 Å². The van der Waals surface area contributed by atoms with Gasteiger partial charge in [0.2, 0.25) is 0 Å². The molecule has 1 heterocycles. The van der Waals surface area contributed by atoms with Crippen molar-refractivity contribution < 1.29 is 0 Å². The highest BCUT2D eigenvalue weighted by Crippen LogP contribution is 2.09. The van der Waals surface area contributed by atoms with Crippen LogP contribution in [0.3, 0.4) is 0 Å². The minimum atomic E-state index is 1.00. The molecule has 0 N–H and O–H groups in total. The molecule has 0 saturated carbocycles. The van der Waals surface area contributed by atoms with Crippen molar-refractivity contribution in [2.24, 2.45) is 0 Å². The summed E-state index contributed by atoms with van der Waals surface area (Å²) in [4.78, 5) is 2.03. The zero-order valence-electron chi connectivity index (χ0n) is 4.48. The quantitative estimate of drug-likeness (QED) is 0.322. The molecule has 0 atom stereocenters. The molecule has 1 nitrogen and oxygen atoms in total. The van der Waals surface area contributed by atoms with Crippen LogP contribution in [0.25, 0.3) is 0 Å². The van der Waals surface area contributed by atoms with Gasteiger partial charge in [-0.3, -0.25) is 7.05 Å². The van der Waals surface area contributed by atoms with Crippen molar-refractivity contribution in [3.63, 3.8) is 0 Å². The van der Waals surface area contributed by atoms with Crippen LogP contribution < -0.4 is 0 Å². The van der Waals surface area contributed by atoms with Gasteiger partial charge in [-0.1, -0.05) is 12.2 Å². The van der Waals surface area contributed by atoms with E-state index < -0.39 is 0 Å². The second-order valence-electron chi connectivity index (χ2n) is 2.05. The fourth-order valence-corrected chi connectivity index (χ4v) is 0.791. The summed E-state index contributed by atoms with van der Waals surface area (Å²) in [5.41, 5.74) is 1.31. The molecule has 0 radical (unpaired) electrons. The van der Waals surface area contributed by atoms with Crippen LogP contribution in [0.5, 0.6) is 0 Å². The molecule has 0 amide bonds. The summed E-state index contributed by atoms with van der Waals surface area (Å²) in [6.07, 6.45) is 1.14. The van der Waals surface area contributed by atoms with Crippen LogP contribution in [-0.4, -0.2) is 18.0 Å². The molecule has 0 spiro atoms. The van der Waals surface area contributed by atoms with Gasteiger partial charge in [-0.25, -0.2) is 0 Å². The highest BCUT2D eigenvalue weighted by atomic mass is 15.1. The van der Waals surface area contributed by atoms with Gasteiger partial charge in [0, 0.05) is 0 Å². The number of hydrogen-bond acceptors (Lipinski definition) is 1. The molecule has 40 valence electrons. The molecule has 1 saturated heterocycles. The topological polar surface area (TPSA) is 3.24 Å². The molecule has 7 heavy (non-hydrogen) atoms. The number of rotatable bonds is 0. The van der Waals surface area contributed by atoms with Crippen LogP contribution >= 0.6 is 0 Å². The minimum Gasteiger partial charge on any atom is -0.456 e. The molecular formula is C6H10N-. The van der Waals surface area contributed by atoms with Gasteiger partial charge in [0.15, 0.2) is 0 Å². The van der Waals surface area contributed by atoms with Crippen LogP contribution in [0.2, 0.25) is 0 Å². The van der Waals surface area contributed by atoms with Gasteiger partial charge in [-0.2, -0.15) is 0 Å². The van der Waals surface area contributed by atoms with Gasteiger partial charge in [0.1, 0.15) is 0 Å². The van der Waals surface area contributed by atoms with E-state index in [1.807, 2.05) is 4.90 Å². The Labute approximate surface area is 44.6 Å². The Bertz CT molecular complexity index is 86.2. The van der Waals surface area contributed by atoms with E-state index in [0.29, 0.717) is 0 Å². The average Bonchev–Trinajstić information content (AvgIpc) is 1.87. The Morgan fingerprint density at radius 2 is 2.43 bits per heavy atom. The van der Waals surface area contributed by atoms with E-state index >= 15 is 0 Å². The molecular weight excluding hydrogens is 86.1 g/mol. The molecule has 0 aromatic rings. The molecule has 0 aromatic carbocycles. The zero-order chi connectivity index (χ0) is 5.28. The van der Waals surface area contributed by atoms with Crippen molar-refractivity contribution in [2.75, 3.05) is 13.1 Å². The number of hydrogen-bond donors (Lipinski definition) is 0. The van der Waals surface area contributed by atoms with E-state index in [-0.39, 0.29) is 0 Å². The highest BCUT2D eigenvalue weighted by Gasteiger charge is 2.03. The summed E-state index contributed by atoms with van der Waals surface area (Å²) >= 11 is 0. The first-order valence-electron chi connectivity index (χ1n) is 2.51. The van der Waals surface area contributed by atoms with Crippen molar-refractivity contribution in [3.8, 4) is 0 Å². The largest absolute Gasteiger partial charge is 0.456 e. The summed E-state index contributed by atoms with van der Waals surface area (Å²) in [6, 6.07) is 0. The van der Waals surface area contributed by atoms with E-state index in [1.54, 1.807) is 0 Å². The van der Waals surface area contributed by atoms with Gasteiger partial charge in [0.25, 0.3) is 0 Å². The SMILES string of the molecule is C=C1CCN([CH2-])C1. The number of likely N-dealkylation sites (tertiary alicyclic amines) is 1. The van der Waals surface area contributed by atoms with Crippen molar-refractivity contribution in [1.82, 2.24) is 4.90 Å². The summed E-state index contributed by atoms with van der Waals surface area (Å²) < 4.78 is 0. The highest BCUT2D eigenvalue weighted by molar-refractivity contribution is 5.03. The molecule has 0 unspecified atom stereocenters. The molecule has 0 aromatic heterocycles. The lowest BCUT2D eigenvalue weighted by atomic mass is 10.3. The van der Waals surface area contributed by atoms with Crippen LogP contribution in [0, 0.1) is 7.05 Å². The predicted molar refractivity (Wildman–Crippen MR) is 30.7 cm³/mol. The molecule has 1 heteroatoms. The monoisotopic (exact) mass is 96.1 g/mol. The Balaban J connectivity index is 2.40. The molecule has 0 bridgehead atoms. The van der Waals surface area contributed by atoms with Crippen LogP contribution in [0.1, 0.15) is 6.42 Å². The van der Waals surface area contributed by atoms with Gasteiger partial charge < -0.3 is 4.90 Å². The normalized spacial score (nSPS) is 23.9. The Hall–Kier alpha value is -0.300. The lowest BCUT2D eigenvalue weighted by molar-refractivity contribution is 0.469. The van der Waals surface area contributed by atoms with Crippen LogP contribution in [0.15, 0.2) is 12.2 Å². The summed E-state index contributed by atoms with van der Waals surface area (Å²) in [7, 11) is 3.76. The third kappa shape index (κ3) is 1.03. The third-order valence-corrected chi connectivity index (χ3v) is 1.23. The first-order chi connectivity index (χ1) is 3.29. The predicted octanol–water partition coefficient (Wildman–Crippen LogP) is 1.04. The second-order valence-corrected chi connectivity index (χ2v) is 2.05. The standard InChI is InChI=1S/C6H10N/c1-6-3-4-7(2)5-6/h1-5H2/q-1. The fraction of sp³-hybridized carbons (Fsp3) is 0.500. The van der Waals surface area contributed by atoms with E-state index in [1.165, 1.54) is 5.57 Å². The van der Waals surface area contributed by atoms with Gasteiger partial charge in [-0.15, -0.1) is 0 Å². The van der Waals surface area contributed by atoms with Crippen molar-refractivity contribution in [1.29, 1.82) is 0 Å². The summed E-state index contributed by atoms with van der Waals surface area (Å²) in [5, 5.41) is 0. The Morgan fingerprint density at radius 1 is 1.71 bits per heavy atom.